The Morgan fingerprint density at radius 2 is 1.77 bits per heavy atom. The van der Waals surface area contributed by atoms with Crippen molar-refractivity contribution in [2.24, 2.45) is 0 Å². The third kappa shape index (κ3) is 6.14. The molecule has 0 aliphatic heterocycles. The first kappa shape index (κ1) is 23.4. The molecular weight excluding hydrogens is 435 g/mol. The lowest BCUT2D eigenvalue weighted by atomic mass is 9.94. The second-order valence-electron chi connectivity index (χ2n) is 7.77. The van der Waals surface area contributed by atoms with E-state index in [-0.39, 0.29) is 30.3 Å². The topological polar surface area (TPSA) is 58.6 Å². The average Bonchev–Trinajstić information content (AvgIpc) is 2.80. The number of ether oxygens (including phenoxy) is 1. The van der Waals surface area contributed by atoms with E-state index in [9.17, 15) is 9.59 Å². The van der Waals surface area contributed by atoms with Crippen molar-refractivity contribution >= 4 is 35.0 Å². The zero-order valence-electron chi connectivity index (χ0n) is 17.7. The minimum atomic E-state index is -0.824. The first-order chi connectivity index (χ1) is 15.0. The van der Waals surface area contributed by atoms with Crippen LogP contribution in [0.25, 0.3) is 0 Å². The molecule has 7 heteroatoms. The van der Waals surface area contributed by atoms with Gasteiger partial charge in [-0.05, 0) is 42.2 Å². The van der Waals surface area contributed by atoms with Crippen molar-refractivity contribution < 1.29 is 14.3 Å². The molecule has 0 radical (unpaired) electrons. The van der Waals surface area contributed by atoms with Crippen molar-refractivity contribution in [1.29, 1.82) is 0 Å². The number of halogens is 2. The number of nitrogens with one attached hydrogen (secondary N) is 1. The van der Waals surface area contributed by atoms with Gasteiger partial charge < -0.3 is 15.0 Å². The molecule has 1 aliphatic carbocycles. The average molecular weight is 463 g/mol. The fourth-order valence-corrected chi connectivity index (χ4v) is 4.35. The van der Waals surface area contributed by atoms with E-state index in [0.717, 1.165) is 31.2 Å². The molecule has 0 spiro atoms. The molecule has 0 unspecified atom stereocenters. The molecule has 0 heterocycles. The van der Waals surface area contributed by atoms with Crippen LogP contribution in [0.2, 0.25) is 5.02 Å². The van der Waals surface area contributed by atoms with E-state index in [4.69, 9.17) is 27.9 Å². The number of nitrogens with zero attached hydrogens (tertiary/aromatic N) is 1. The number of amides is 2. The van der Waals surface area contributed by atoms with Crippen LogP contribution in [0, 0.1) is 0 Å². The number of carbonyl (C=O) groups excluding carboxylic acids is 2. The van der Waals surface area contributed by atoms with Crippen molar-refractivity contribution in [2.75, 3.05) is 13.0 Å². The van der Waals surface area contributed by atoms with Crippen LogP contribution in [0.1, 0.15) is 49.3 Å². The Labute approximate surface area is 193 Å². The number of hydrogen-bond donors (Lipinski definition) is 1. The lowest BCUT2D eigenvalue weighted by Gasteiger charge is -2.33. The summed E-state index contributed by atoms with van der Waals surface area (Å²) in [4.78, 5) is 27.9. The van der Waals surface area contributed by atoms with E-state index in [1.54, 1.807) is 25.3 Å². The molecule has 1 fully saturated rings. The van der Waals surface area contributed by atoms with Crippen molar-refractivity contribution in [3.63, 3.8) is 0 Å². The lowest BCUT2D eigenvalue weighted by Crippen LogP contribution is -2.47. The van der Waals surface area contributed by atoms with Gasteiger partial charge in [0.1, 0.15) is 17.7 Å². The van der Waals surface area contributed by atoms with Crippen LogP contribution in [0.3, 0.4) is 0 Å². The Hall–Kier alpha value is -2.24. The van der Waals surface area contributed by atoms with Crippen molar-refractivity contribution in [1.82, 2.24) is 10.2 Å². The summed E-state index contributed by atoms with van der Waals surface area (Å²) in [6.07, 6.45) is 5.30. The van der Waals surface area contributed by atoms with Crippen molar-refractivity contribution in [2.45, 2.75) is 50.7 Å². The first-order valence-corrected chi connectivity index (χ1v) is 11.5. The summed E-state index contributed by atoms with van der Waals surface area (Å²) >= 11 is 12.3. The molecule has 0 saturated heterocycles. The van der Waals surface area contributed by atoms with Crippen LogP contribution >= 0.6 is 23.2 Å². The van der Waals surface area contributed by atoms with Gasteiger partial charge in [0.15, 0.2) is 0 Å². The largest absolute Gasteiger partial charge is 0.497 e. The van der Waals surface area contributed by atoms with Gasteiger partial charge in [-0.1, -0.05) is 61.2 Å². The molecule has 3 rings (SSSR count). The molecule has 1 N–H and O–H groups in total. The van der Waals surface area contributed by atoms with Gasteiger partial charge in [0.2, 0.25) is 11.8 Å². The normalized spacial score (nSPS) is 15.2. The first-order valence-electron chi connectivity index (χ1n) is 10.6. The van der Waals surface area contributed by atoms with Gasteiger partial charge in [0.25, 0.3) is 0 Å². The van der Waals surface area contributed by atoms with Crippen LogP contribution in [0.4, 0.5) is 0 Å². The molecule has 0 bridgehead atoms. The molecule has 1 atom stereocenters. The highest BCUT2D eigenvalue weighted by atomic mass is 35.5. The summed E-state index contributed by atoms with van der Waals surface area (Å²) in [5.41, 5.74) is 1.45. The molecule has 166 valence electrons. The van der Waals surface area contributed by atoms with E-state index in [1.165, 1.54) is 11.3 Å². The van der Waals surface area contributed by atoms with Gasteiger partial charge in [0, 0.05) is 17.6 Å². The fraction of sp³-hybridized carbons (Fsp3) is 0.417. The number of carbonyl (C=O) groups is 2. The van der Waals surface area contributed by atoms with E-state index >= 15 is 0 Å². The van der Waals surface area contributed by atoms with Crippen LogP contribution < -0.4 is 10.1 Å². The minimum Gasteiger partial charge on any atom is -0.497 e. The molecule has 2 amide bonds. The number of methoxy groups -OCH3 is 1. The van der Waals surface area contributed by atoms with Gasteiger partial charge in [-0.15, -0.1) is 11.6 Å². The predicted octanol–water partition coefficient (Wildman–Crippen LogP) is 5.11. The van der Waals surface area contributed by atoms with Crippen LogP contribution in [0.5, 0.6) is 5.75 Å². The molecule has 1 saturated carbocycles. The number of alkyl halides is 1. The van der Waals surface area contributed by atoms with E-state index in [1.807, 2.05) is 30.3 Å². The molecule has 2 aromatic rings. The third-order valence-corrected chi connectivity index (χ3v) is 6.27. The summed E-state index contributed by atoms with van der Waals surface area (Å²) in [6.45, 7) is 0.181. The lowest BCUT2D eigenvalue weighted by molar-refractivity contribution is -0.140. The molecule has 5 nitrogen and oxygen atoms in total. The van der Waals surface area contributed by atoms with Crippen LogP contribution in [-0.4, -0.2) is 35.7 Å². The summed E-state index contributed by atoms with van der Waals surface area (Å²) in [5.74, 6) is -0.0892. The number of benzene rings is 2. The summed E-state index contributed by atoms with van der Waals surface area (Å²) in [7, 11) is 1.59. The monoisotopic (exact) mass is 462 g/mol. The maximum atomic E-state index is 13.5. The Balaban J connectivity index is 1.96. The van der Waals surface area contributed by atoms with E-state index < -0.39 is 6.04 Å². The second kappa shape index (κ2) is 11.4. The van der Waals surface area contributed by atoms with Gasteiger partial charge in [-0.2, -0.15) is 0 Å². The quantitative estimate of drug-likeness (QED) is 0.554. The molecular formula is C24H28Cl2N2O3. The standard InChI is InChI=1S/C24H28Cl2N2O3/c1-31-20-13-11-17(12-14-20)23(24(30)27-19-8-3-2-4-9-19)28(22(29)15-25)16-18-7-5-6-10-21(18)26/h5-7,10-14,19,23H,2-4,8-9,15-16H2,1H3,(H,27,30)/t23-/m0/s1. The van der Waals surface area contributed by atoms with Gasteiger partial charge in [0.05, 0.1) is 7.11 Å². The fourth-order valence-electron chi connectivity index (χ4n) is 4.00. The molecule has 0 aromatic heterocycles. The molecule has 31 heavy (non-hydrogen) atoms. The Bertz CT molecular complexity index is 883. The highest BCUT2D eigenvalue weighted by Crippen LogP contribution is 2.29. The Morgan fingerprint density at radius 1 is 1.10 bits per heavy atom. The van der Waals surface area contributed by atoms with Gasteiger partial charge in [-0.25, -0.2) is 0 Å². The third-order valence-electron chi connectivity index (χ3n) is 5.68. The highest BCUT2D eigenvalue weighted by molar-refractivity contribution is 6.31. The Morgan fingerprint density at radius 3 is 2.39 bits per heavy atom. The van der Waals surface area contributed by atoms with Gasteiger partial charge in [-0.3, -0.25) is 9.59 Å². The van der Waals surface area contributed by atoms with Crippen LogP contribution in [-0.2, 0) is 16.1 Å². The number of rotatable bonds is 8. The minimum absolute atomic E-state index is 0.121. The SMILES string of the molecule is COc1ccc([C@@H](C(=O)NC2CCCCC2)N(Cc2ccccc2Cl)C(=O)CCl)cc1. The predicted molar refractivity (Wildman–Crippen MR) is 123 cm³/mol. The second-order valence-corrected chi connectivity index (χ2v) is 8.44. The Kier molecular flexibility index (Phi) is 8.61. The molecule has 2 aromatic carbocycles. The van der Waals surface area contributed by atoms with Crippen LogP contribution in [0.15, 0.2) is 48.5 Å². The summed E-state index contributed by atoms with van der Waals surface area (Å²) < 4.78 is 5.25. The number of hydrogen-bond acceptors (Lipinski definition) is 3. The van der Waals surface area contributed by atoms with Gasteiger partial charge >= 0.3 is 0 Å². The summed E-state index contributed by atoms with van der Waals surface area (Å²) in [5, 5.41) is 3.70. The maximum Gasteiger partial charge on any atom is 0.247 e. The zero-order chi connectivity index (χ0) is 22.2. The maximum absolute atomic E-state index is 13.5. The zero-order valence-corrected chi connectivity index (χ0v) is 19.2. The van der Waals surface area contributed by atoms with Crippen molar-refractivity contribution in [3.8, 4) is 5.75 Å². The highest BCUT2D eigenvalue weighted by Gasteiger charge is 2.33. The van der Waals surface area contributed by atoms with E-state index in [2.05, 4.69) is 5.32 Å². The molecule has 1 aliphatic rings. The van der Waals surface area contributed by atoms with E-state index in [0.29, 0.717) is 16.3 Å². The summed E-state index contributed by atoms with van der Waals surface area (Å²) in [6, 6.07) is 13.8. The smallest absolute Gasteiger partial charge is 0.247 e. The van der Waals surface area contributed by atoms with Crippen molar-refractivity contribution in [3.05, 3.63) is 64.7 Å².